The zero-order valence-corrected chi connectivity index (χ0v) is 22.2. The monoisotopic (exact) mass is 504 g/mol. The van der Waals surface area contributed by atoms with Crippen LogP contribution in [-0.4, -0.2) is 42.2 Å². The van der Waals surface area contributed by atoms with E-state index in [2.05, 4.69) is 36.5 Å². The number of carbonyl (C=O) groups excluding carboxylic acids is 2. The van der Waals surface area contributed by atoms with Crippen molar-refractivity contribution in [2.45, 2.75) is 50.6 Å². The molecule has 0 saturated carbocycles. The van der Waals surface area contributed by atoms with Crippen molar-refractivity contribution in [3.05, 3.63) is 95.6 Å². The van der Waals surface area contributed by atoms with Crippen molar-refractivity contribution in [3.8, 4) is 5.75 Å². The third kappa shape index (κ3) is 8.45. The number of ether oxygens (including phenoxy) is 1. The smallest absolute Gasteiger partial charge is 0.243 e. The number of benzene rings is 3. The van der Waals surface area contributed by atoms with E-state index in [0.717, 1.165) is 28.2 Å². The largest absolute Gasteiger partial charge is 0.497 e. The van der Waals surface area contributed by atoms with Crippen molar-refractivity contribution in [2.75, 3.05) is 19.4 Å². The number of hydrogen-bond acceptors (Lipinski definition) is 4. The van der Waals surface area contributed by atoms with Gasteiger partial charge >= 0.3 is 0 Å². The number of carbonyl (C=O) groups is 2. The lowest BCUT2D eigenvalue weighted by atomic mass is 10.0. The lowest BCUT2D eigenvalue weighted by Gasteiger charge is -2.31. The fraction of sp³-hybridized carbons (Fsp3) is 0.333. The van der Waals surface area contributed by atoms with Crippen LogP contribution in [0.5, 0.6) is 5.75 Å². The average molecular weight is 505 g/mol. The summed E-state index contributed by atoms with van der Waals surface area (Å²) in [4.78, 5) is 29.9. The van der Waals surface area contributed by atoms with Gasteiger partial charge in [0.05, 0.1) is 7.11 Å². The predicted octanol–water partition coefficient (Wildman–Crippen LogP) is 5.65. The summed E-state index contributed by atoms with van der Waals surface area (Å²) < 4.78 is 5.39. The average Bonchev–Trinajstić information content (AvgIpc) is 2.91. The molecule has 0 saturated heterocycles. The topological polar surface area (TPSA) is 58.6 Å². The number of amides is 2. The highest BCUT2D eigenvalue weighted by Crippen LogP contribution is 2.22. The van der Waals surface area contributed by atoms with Gasteiger partial charge < -0.3 is 15.0 Å². The van der Waals surface area contributed by atoms with Crippen LogP contribution in [0.4, 0.5) is 0 Å². The molecule has 2 amide bonds. The highest BCUT2D eigenvalue weighted by Gasteiger charge is 2.30. The van der Waals surface area contributed by atoms with Gasteiger partial charge in [0.1, 0.15) is 11.8 Å². The van der Waals surface area contributed by atoms with E-state index in [1.807, 2.05) is 61.5 Å². The van der Waals surface area contributed by atoms with Gasteiger partial charge in [-0.3, -0.25) is 9.59 Å². The summed E-state index contributed by atoms with van der Waals surface area (Å²) in [6, 6.07) is 25.3. The molecular formula is C30H36N2O3S. The van der Waals surface area contributed by atoms with Gasteiger partial charge in [0.2, 0.25) is 11.8 Å². The van der Waals surface area contributed by atoms with E-state index in [4.69, 9.17) is 4.74 Å². The number of rotatable bonds is 13. The Bertz CT molecular complexity index is 1100. The van der Waals surface area contributed by atoms with Gasteiger partial charge in [0.25, 0.3) is 0 Å². The van der Waals surface area contributed by atoms with Gasteiger partial charge in [0, 0.05) is 36.6 Å². The highest BCUT2D eigenvalue weighted by atomic mass is 32.2. The van der Waals surface area contributed by atoms with Gasteiger partial charge in [-0.05, 0) is 48.7 Å². The van der Waals surface area contributed by atoms with Gasteiger partial charge in [-0.1, -0.05) is 67.1 Å². The van der Waals surface area contributed by atoms with E-state index in [0.29, 0.717) is 31.7 Å². The molecule has 0 radical (unpaired) electrons. The number of hydrogen-bond donors (Lipinski definition) is 1. The molecule has 0 heterocycles. The van der Waals surface area contributed by atoms with Crippen LogP contribution in [0.25, 0.3) is 0 Å². The quantitative estimate of drug-likeness (QED) is 0.306. The van der Waals surface area contributed by atoms with Crippen LogP contribution in [0.2, 0.25) is 0 Å². The molecule has 3 aromatic rings. The fourth-order valence-electron chi connectivity index (χ4n) is 3.92. The molecule has 1 atom stereocenters. The van der Waals surface area contributed by atoms with Gasteiger partial charge in [-0.25, -0.2) is 0 Å². The van der Waals surface area contributed by atoms with Crippen LogP contribution in [0.15, 0.2) is 83.8 Å². The maximum absolute atomic E-state index is 13.7. The maximum atomic E-state index is 13.7. The first-order chi connectivity index (χ1) is 17.5. The van der Waals surface area contributed by atoms with E-state index in [1.54, 1.807) is 23.8 Å². The molecular weight excluding hydrogens is 468 g/mol. The van der Waals surface area contributed by atoms with Crippen molar-refractivity contribution in [3.63, 3.8) is 0 Å². The van der Waals surface area contributed by atoms with Crippen LogP contribution >= 0.6 is 11.8 Å². The molecule has 3 rings (SSSR count). The molecule has 190 valence electrons. The molecule has 0 bridgehead atoms. The van der Waals surface area contributed by atoms with Gasteiger partial charge in [-0.2, -0.15) is 0 Å². The van der Waals surface area contributed by atoms with Gasteiger partial charge in [-0.15, -0.1) is 11.8 Å². The second kappa shape index (κ2) is 14.3. The second-order valence-corrected chi connectivity index (χ2v) is 9.95. The van der Waals surface area contributed by atoms with Crippen LogP contribution in [0.3, 0.4) is 0 Å². The van der Waals surface area contributed by atoms with Crippen molar-refractivity contribution < 1.29 is 14.3 Å². The number of nitrogens with one attached hydrogen (secondary N) is 1. The molecule has 6 heteroatoms. The molecule has 1 unspecified atom stereocenters. The molecule has 5 nitrogen and oxygen atoms in total. The van der Waals surface area contributed by atoms with Crippen LogP contribution in [-0.2, 0) is 22.6 Å². The summed E-state index contributed by atoms with van der Waals surface area (Å²) in [6.07, 6.45) is 1.63. The van der Waals surface area contributed by atoms with E-state index in [9.17, 15) is 9.59 Å². The Labute approximate surface area is 219 Å². The summed E-state index contributed by atoms with van der Waals surface area (Å²) >= 11 is 1.66. The minimum atomic E-state index is -0.609. The summed E-state index contributed by atoms with van der Waals surface area (Å²) in [5.74, 6) is 1.21. The van der Waals surface area contributed by atoms with E-state index in [-0.39, 0.29) is 11.8 Å². The SMILES string of the molecule is CCCNC(=O)C(Cc1ccccc1)N(Cc1cccc(OC)c1)C(=O)CCSc1ccc(C)cc1. The Morgan fingerprint density at radius 1 is 0.972 bits per heavy atom. The predicted molar refractivity (Wildman–Crippen MR) is 147 cm³/mol. The van der Waals surface area contributed by atoms with Crippen molar-refractivity contribution in [2.24, 2.45) is 0 Å². The van der Waals surface area contributed by atoms with Crippen molar-refractivity contribution in [1.29, 1.82) is 0 Å². The minimum absolute atomic E-state index is 0.0370. The number of nitrogens with zero attached hydrogens (tertiary/aromatic N) is 1. The molecule has 0 aliphatic heterocycles. The Morgan fingerprint density at radius 2 is 1.69 bits per heavy atom. The third-order valence-corrected chi connectivity index (χ3v) is 6.93. The Kier molecular flexibility index (Phi) is 10.9. The summed E-state index contributed by atoms with van der Waals surface area (Å²) in [7, 11) is 1.63. The lowest BCUT2D eigenvalue weighted by Crippen LogP contribution is -2.50. The molecule has 0 fully saturated rings. The van der Waals surface area contributed by atoms with Crippen LogP contribution in [0.1, 0.15) is 36.5 Å². The Hall–Kier alpha value is -3.25. The standard InChI is InChI=1S/C30H36N2O3S/c1-4-18-31-30(34)28(21-24-9-6-5-7-10-24)32(22-25-11-8-12-26(20-25)35-3)29(33)17-19-36-27-15-13-23(2)14-16-27/h5-16,20,28H,4,17-19,21-22H2,1-3H3,(H,31,34). The zero-order valence-electron chi connectivity index (χ0n) is 21.4. The van der Waals surface area contributed by atoms with Gasteiger partial charge in [0.15, 0.2) is 0 Å². The van der Waals surface area contributed by atoms with Crippen LogP contribution < -0.4 is 10.1 Å². The molecule has 36 heavy (non-hydrogen) atoms. The Morgan fingerprint density at radius 3 is 2.39 bits per heavy atom. The first-order valence-corrected chi connectivity index (χ1v) is 13.4. The summed E-state index contributed by atoms with van der Waals surface area (Å²) in [5, 5.41) is 3.02. The minimum Gasteiger partial charge on any atom is -0.497 e. The molecule has 0 aliphatic carbocycles. The van der Waals surface area contributed by atoms with Crippen molar-refractivity contribution >= 4 is 23.6 Å². The number of thioether (sulfide) groups is 1. The third-order valence-electron chi connectivity index (χ3n) is 5.91. The molecule has 0 spiro atoms. The normalized spacial score (nSPS) is 11.5. The highest BCUT2D eigenvalue weighted by molar-refractivity contribution is 7.99. The molecule has 3 aromatic carbocycles. The van der Waals surface area contributed by atoms with Crippen molar-refractivity contribution in [1.82, 2.24) is 10.2 Å². The molecule has 0 aliphatic rings. The molecule has 1 N–H and O–H groups in total. The number of aryl methyl sites for hydroxylation is 1. The lowest BCUT2D eigenvalue weighted by molar-refractivity contribution is -0.141. The number of methoxy groups -OCH3 is 1. The molecule has 0 aromatic heterocycles. The zero-order chi connectivity index (χ0) is 25.8. The van der Waals surface area contributed by atoms with E-state index < -0.39 is 6.04 Å². The van der Waals surface area contributed by atoms with Crippen LogP contribution in [0, 0.1) is 6.92 Å². The maximum Gasteiger partial charge on any atom is 0.243 e. The first kappa shape index (κ1) is 27.3. The van der Waals surface area contributed by atoms with E-state index >= 15 is 0 Å². The van der Waals surface area contributed by atoms with E-state index in [1.165, 1.54) is 5.56 Å². The first-order valence-electron chi connectivity index (χ1n) is 12.4. The summed E-state index contributed by atoms with van der Waals surface area (Å²) in [6.45, 7) is 5.00. The fourth-order valence-corrected chi connectivity index (χ4v) is 4.76. The second-order valence-electron chi connectivity index (χ2n) is 8.78. The Balaban J connectivity index is 1.84. The summed E-state index contributed by atoms with van der Waals surface area (Å²) in [5.41, 5.74) is 3.16.